The molecule has 4 aromatic rings. The highest BCUT2D eigenvalue weighted by Crippen LogP contribution is 2.43. The molecule has 0 saturated heterocycles. The Hall–Kier alpha value is -4.46. The summed E-state index contributed by atoms with van der Waals surface area (Å²) in [6, 6.07) is 15.8. The lowest BCUT2D eigenvalue weighted by Crippen LogP contribution is -2.30. The van der Waals surface area contributed by atoms with Gasteiger partial charge in [0.05, 0.1) is 26.1 Å². The van der Waals surface area contributed by atoms with E-state index in [0.29, 0.717) is 33.9 Å². The van der Waals surface area contributed by atoms with Crippen molar-refractivity contribution in [3.05, 3.63) is 89.8 Å². The molecule has 2 aromatic heterocycles. The number of carbonyl (C=O) groups excluding carboxylic acids is 2. The van der Waals surface area contributed by atoms with E-state index in [0.717, 1.165) is 0 Å². The fraction of sp³-hybridized carbons (Fsp3) is 0.120. The molecule has 0 spiro atoms. The van der Waals surface area contributed by atoms with Gasteiger partial charge in [-0.1, -0.05) is 12.1 Å². The van der Waals surface area contributed by atoms with Crippen LogP contribution in [-0.4, -0.2) is 31.0 Å². The number of nitrogens with zero attached hydrogens (tertiary/aromatic N) is 1. The van der Waals surface area contributed by atoms with Crippen LogP contribution in [0.3, 0.4) is 0 Å². The molecule has 1 amide bonds. The summed E-state index contributed by atoms with van der Waals surface area (Å²) in [6.07, 6.45) is 1.44. The molecule has 8 nitrogen and oxygen atoms in total. The molecule has 166 valence electrons. The summed E-state index contributed by atoms with van der Waals surface area (Å²) >= 11 is 0. The number of hydrogen-bond donors (Lipinski definition) is 1. The van der Waals surface area contributed by atoms with E-state index in [2.05, 4.69) is 0 Å². The second-order valence-corrected chi connectivity index (χ2v) is 7.37. The standard InChI is InChI=1S/C25H19NO7/c1-30-16-10-8-15(9-11-16)26-21(17-7-4-12-32-17)20(23(28)25(26)29)22(27)19-13-14-5-3-6-18(31-2)24(14)33-19/h3-13,21,28H,1-2H3. The molecule has 0 radical (unpaired) electrons. The fourth-order valence-electron chi connectivity index (χ4n) is 4.00. The van der Waals surface area contributed by atoms with Gasteiger partial charge in [0.2, 0.25) is 5.78 Å². The highest BCUT2D eigenvalue weighted by atomic mass is 16.5. The summed E-state index contributed by atoms with van der Waals surface area (Å²) in [6.45, 7) is 0. The number of hydrogen-bond acceptors (Lipinski definition) is 7. The molecule has 1 aliphatic rings. The molecule has 33 heavy (non-hydrogen) atoms. The van der Waals surface area contributed by atoms with Crippen LogP contribution in [-0.2, 0) is 4.79 Å². The Morgan fingerprint density at radius 3 is 2.48 bits per heavy atom. The molecule has 0 saturated carbocycles. The second kappa shape index (κ2) is 7.90. The van der Waals surface area contributed by atoms with Gasteiger partial charge in [0.15, 0.2) is 22.9 Å². The van der Waals surface area contributed by atoms with Crippen molar-refractivity contribution in [1.82, 2.24) is 0 Å². The molecular weight excluding hydrogens is 426 g/mol. The van der Waals surface area contributed by atoms with Crippen molar-refractivity contribution in [2.24, 2.45) is 0 Å². The molecule has 5 rings (SSSR count). The minimum atomic E-state index is -0.983. The van der Waals surface area contributed by atoms with Crippen LogP contribution < -0.4 is 14.4 Å². The van der Waals surface area contributed by atoms with Crippen LogP contribution in [0.1, 0.15) is 22.4 Å². The van der Waals surface area contributed by atoms with Crippen LogP contribution in [0.15, 0.2) is 87.1 Å². The SMILES string of the molecule is COc1ccc(N2C(=O)C(O)=C(C(=O)c3cc4cccc(OC)c4o3)C2c2ccco2)cc1. The van der Waals surface area contributed by atoms with E-state index in [1.807, 2.05) is 0 Å². The van der Waals surface area contributed by atoms with Crippen LogP contribution >= 0.6 is 0 Å². The Morgan fingerprint density at radius 2 is 1.82 bits per heavy atom. The first-order valence-electron chi connectivity index (χ1n) is 10.1. The second-order valence-electron chi connectivity index (χ2n) is 7.37. The molecular formula is C25H19NO7. The average molecular weight is 445 g/mol. The number of ketones is 1. The van der Waals surface area contributed by atoms with Crippen molar-refractivity contribution >= 4 is 28.3 Å². The number of para-hydroxylation sites is 1. The Morgan fingerprint density at radius 1 is 1.03 bits per heavy atom. The number of benzene rings is 2. The summed E-state index contributed by atoms with van der Waals surface area (Å²) < 4.78 is 21.8. The molecule has 2 aromatic carbocycles. The number of aliphatic hydroxyl groups is 1. The zero-order chi connectivity index (χ0) is 23.1. The number of carbonyl (C=O) groups is 2. The van der Waals surface area contributed by atoms with Crippen molar-refractivity contribution in [3.8, 4) is 11.5 Å². The summed E-state index contributed by atoms with van der Waals surface area (Å²) in [4.78, 5) is 28.0. The summed E-state index contributed by atoms with van der Waals surface area (Å²) in [5.74, 6) is -0.656. The van der Waals surface area contributed by atoms with E-state index < -0.39 is 23.5 Å². The van der Waals surface area contributed by atoms with Gasteiger partial charge in [-0.3, -0.25) is 14.5 Å². The highest BCUT2D eigenvalue weighted by molar-refractivity contribution is 6.20. The lowest BCUT2D eigenvalue weighted by molar-refractivity contribution is -0.117. The quantitative estimate of drug-likeness (QED) is 0.424. The number of furan rings is 2. The monoisotopic (exact) mass is 445 g/mol. The molecule has 1 N–H and O–H groups in total. The lowest BCUT2D eigenvalue weighted by atomic mass is 9.99. The van der Waals surface area contributed by atoms with Gasteiger partial charge < -0.3 is 23.4 Å². The van der Waals surface area contributed by atoms with Crippen molar-refractivity contribution in [3.63, 3.8) is 0 Å². The van der Waals surface area contributed by atoms with Crippen LogP contribution in [0.2, 0.25) is 0 Å². The van der Waals surface area contributed by atoms with Gasteiger partial charge in [-0.2, -0.15) is 0 Å². The number of amides is 1. The van der Waals surface area contributed by atoms with Crippen LogP contribution in [0, 0.1) is 0 Å². The van der Waals surface area contributed by atoms with Gasteiger partial charge >= 0.3 is 0 Å². The molecule has 1 atom stereocenters. The molecule has 3 heterocycles. The van der Waals surface area contributed by atoms with E-state index in [1.54, 1.807) is 60.7 Å². The van der Waals surface area contributed by atoms with Crippen molar-refractivity contribution < 1.29 is 33.0 Å². The first-order chi connectivity index (χ1) is 16.0. The van der Waals surface area contributed by atoms with Gasteiger partial charge in [0.25, 0.3) is 5.91 Å². The molecule has 8 heteroatoms. The molecule has 0 aliphatic carbocycles. The number of aliphatic hydroxyl groups excluding tert-OH is 1. The Kier molecular flexibility index (Phi) is 4.90. The van der Waals surface area contributed by atoms with Crippen LogP contribution in [0.5, 0.6) is 11.5 Å². The topological polar surface area (TPSA) is 102 Å². The largest absolute Gasteiger partial charge is 0.503 e. The number of Topliss-reactive ketones (excluding diaryl/α,β-unsaturated/α-hetero) is 1. The van der Waals surface area contributed by atoms with Gasteiger partial charge in [0, 0.05) is 11.1 Å². The minimum absolute atomic E-state index is 0.0306. The maximum Gasteiger partial charge on any atom is 0.294 e. The van der Waals surface area contributed by atoms with Gasteiger partial charge in [0.1, 0.15) is 17.6 Å². The van der Waals surface area contributed by atoms with Gasteiger partial charge in [-0.15, -0.1) is 0 Å². The number of rotatable bonds is 6. The summed E-state index contributed by atoms with van der Waals surface area (Å²) in [5.41, 5.74) is 0.723. The predicted molar refractivity (Wildman–Crippen MR) is 119 cm³/mol. The molecule has 1 unspecified atom stereocenters. The maximum absolute atomic E-state index is 13.6. The van der Waals surface area contributed by atoms with E-state index >= 15 is 0 Å². The summed E-state index contributed by atoms with van der Waals surface area (Å²) in [5, 5.41) is 11.5. The summed E-state index contributed by atoms with van der Waals surface area (Å²) in [7, 11) is 3.04. The molecule has 1 aliphatic heterocycles. The normalized spacial score (nSPS) is 16.0. The maximum atomic E-state index is 13.6. The zero-order valence-corrected chi connectivity index (χ0v) is 17.8. The third-order valence-electron chi connectivity index (χ3n) is 5.57. The van der Waals surface area contributed by atoms with Crippen molar-refractivity contribution in [2.45, 2.75) is 6.04 Å². The van der Waals surface area contributed by atoms with Gasteiger partial charge in [-0.05, 0) is 48.5 Å². The highest BCUT2D eigenvalue weighted by Gasteiger charge is 2.46. The Balaban J connectivity index is 1.62. The number of fused-ring (bicyclic) bond motifs is 1. The Labute approximate surface area is 188 Å². The Bertz CT molecular complexity index is 1380. The minimum Gasteiger partial charge on any atom is -0.503 e. The van der Waals surface area contributed by atoms with E-state index in [9.17, 15) is 14.7 Å². The number of anilines is 1. The van der Waals surface area contributed by atoms with Crippen molar-refractivity contribution in [1.29, 1.82) is 0 Å². The predicted octanol–water partition coefficient (Wildman–Crippen LogP) is 4.83. The third kappa shape index (κ3) is 3.23. The average Bonchev–Trinajstić information content (AvgIpc) is 3.57. The smallest absolute Gasteiger partial charge is 0.294 e. The van der Waals surface area contributed by atoms with E-state index in [1.165, 1.54) is 25.4 Å². The molecule has 0 fully saturated rings. The van der Waals surface area contributed by atoms with Crippen molar-refractivity contribution in [2.75, 3.05) is 19.1 Å². The third-order valence-corrected chi connectivity index (χ3v) is 5.57. The van der Waals surface area contributed by atoms with Crippen LogP contribution in [0.25, 0.3) is 11.0 Å². The first kappa shape index (κ1) is 20.4. The van der Waals surface area contributed by atoms with E-state index in [4.69, 9.17) is 18.3 Å². The number of ether oxygens (including phenoxy) is 2. The van der Waals surface area contributed by atoms with E-state index in [-0.39, 0.29) is 11.3 Å². The zero-order valence-electron chi connectivity index (χ0n) is 17.8. The number of methoxy groups -OCH3 is 2. The lowest BCUT2D eigenvalue weighted by Gasteiger charge is -2.24. The fourth-order valence-corrected chi connectivity index (χ4v) is 4.00. The molecule has 0 bridgehead atoms. The first-order valence-corrected chi connectivity index (χ1v) is 10.1. The van der Waals surface area contributed by atoms with Crippen LogP contribution in [0.4, 0.5) is 5.69 Å². The van der Waals surface area contributed by atoms with Gasteiger partial charge in [-0.25, -0.2) is 0 Å².